The molecule has 3 aliphatic rings. The van der Waals surface area contributed by atoms with Crippen LogP contribution in [0.25, 0.3) is 0 Å². The number of quaternary nitrogens is 1. The van der Waals surface area contributed by atoms with E-state index in [9.17, 15) is 39.3 Å². The van der Waals surface area contributed by atoms with Crippen molar-refractivity contribution in [1.29, 1.82) is 0 Å². The Hall–Kier alpha value is -2.95. The Morgan fingerprint density at radius 3 is 2.21 bits per heavy atom. The van der Waals surface area contributed by atoms with Crippen LogP contribution in [-0.2, 0) is 24.8 Å². The molecule has 10 nitrogen and oxygen atoms in total. The van der Waals surface area contributed by atoms with Crippen LogP contribution in [0, 0.1) is 23.7 Å². The van der Waals surface area contributed by atoms with Crippen LogP contribution in [0.2, 0.25) is 0 Å². The van der Waals surface area contributed by atoms with Crippen molar-refractivity contribution in [3.05, 3.63) is 29.3 Å². The third kappa shape index (κ3) is 2.81. The second-order valence-corrected chi connectivity index (χ2v) is 10.4. The van der Waals surface area contributed by atoms with Crippen LogP contribution in [-0.4, -0.2) is 81.6 Å². The number of Topliss-reactive ketones (excluding diaryl/α,β-unsaturated/α-hetero) is 4. The van der Waals surface area contributed by atoms with Gasteiger partial charge in [0.25, 0.3) is 0 Å². The van der Waals surface area contributed by atoms with E-state index in [4.69, 9.17) is 5.73 Å². The minimum Gasteiger partial charge on any atom is -0.507 e. The molecular weight excluding hydrogens is 432 g/mol. The third-order valence-corrected chi connectivity index (χ3v) is 7.66. The first kappa shape index (κ1) is 23.2. The smallest absolute Gasteiger partial charge is 0.235 e. The van der Waals surface area contributed by atoms with Gasteiger partial charge in [0, 0.05) is 5.92 Å². The molecule has 0 heterocycles. The van der Waals surface area contributed by atoms with Gasteiger partial charge in [-0.1, -0.05) is 12.1 Å². The van der Waals surface area contributed by atoms with Gasteiger partial charge in [0.05, 0.1) is 44.1 Å². The van der Waals surface area contributed by atoms with E-state index in [1.165, 1.54) is 25.1 Å². The number of phenols is 1. The van der Waals surface area contributed by atoms with Crippen molar-refractivity contribution >= 4 is 29.0 Å². The number of amides is 1. The maximum absolute atomic E-state index is 13.7. The first-order valence-corrected chi connectivity index (χ1v) is 10.6. The molecule has 5 unspecified atom stereocenters. The van der Waals surface area contributed by atoms with E-state index in [2.05, 4.69) is 0 Å². The fourth-order valence-electron chi connectivity index (χ4n) is 6.19. The van der Waals surface area contributed by atoms with Crippen molar-refractivity contribution < 1.29 is 43.8 Å². The van der Waals surface area contributed by atoms with Crippen LogP contribution >= 0.6 is 0 Å². The number of carbonyl (C=O) groups is 5. The molecule has 176 valence electrons. The molecule has 1 aromatic carbocycles. The number of phenolic OH excluding ortho intramolecular Hbond substituents is 1. The van der Waals surface area contributed by atoms with Gasteiger partial charge in [-0.05, 0) is 25.0 Å². The number of ketones is 4. The monoisotopic (exact) mass is 459 g/mol. The fraction of sp³-hybridized carbons (Fsp3) is 0.522. The zero-order valence-corrected chi connectivity index (χ0v) is 18.7. The predicted molar refractivity (Wildman–Crippen MR) is 112 cm³/mol. The lowest BCUT2D eigenvalue weighted by Crippen LogP contribution is -2.77. The van der Waals surface area contributed by atoms with Gasteiger partial charge in [0.15, 0.2) is 34.9 Å². The van der Waals surface area contributed by atoms with E-state index in [1.54, 1.807) is 21.1 Å². The highest BCUT2D eigenvalue weighted by Crippen LogP contribution is 2.55. The first-order chi connectivity index (χ1) is 15.1. The number of aliphatic hydroxyl groups is 2. The zero-order chi connectivity index (χ0) is 24.8. The van der Waals surface area contributed by atoms with E-state index >= 15 is 0 Å². The number of fused-ring (bicyclic) bond motifs is 3. The van der Waals surface area contributed by atoms with Crippen LogP contribution in [0.15, 0.2) is 18.2 Å². The summed E-state index contributed by atoms with van der Waals surface area (Å²) in [7, 11) is 4.85. The molecule has 0 spiro atoms. The molecule has 2 saturated carbocycles. The largest absolute Gasteiger partial charge is 0.507 e. The summed E-state index contributed by atoms with van der Waals surface area (Å²) in [6.45, 7) is 1.40. The van der Waals surface area contributed by atoms with Crippen molar-refractivity contribution in [2.24, 2.45) is 29.4 Å². The predicted octanol–water partition coefficient (Wildman–Crippen LogP) is -1.32. The third-order valence-electron chi connectivity index (χ3n) is 7.66. The van der Waals surface area contributed by atoms with Crippen LogP contribution in [0.5, 0.6) is 5.75 Å². The Kier molecular flexibility index (Phi) is 4.77. The van der Waals surface area contributed by atoms with Crippen molar-refractivity contribution in [3.8, 4) is 5.75 Å². The number of hydrogen-bond acceptors (Lipinski definition) is 8. The number of carbonyl (C=O) groups excluding carboxylic acids is 5. The minimum atomic E-state index is -2.82. The van der Waals surface area contributed by atoms with Gasteiger partial charge in [-0.3, -0.25) is 24.0 Å². The first-order valence-electron chi connectivity index (χ1n) is 10.6. The highest BCUT2D eigenvalue weighted by atomic mass is 16.3. The lowest BCUT2D eigenvalue weighted by atomic mass is 9.49. The number of nitrogens with two attached hydrogens (primary N) is 1. The summed E-state index contributed by atoms with van der Waals surface area (Å²) in [6.07, 6.45) is -0.218. The maximum atomic E-state index is 13.7. The number of aromatic hydroxyl groups is 1. The van der Waals surface area contributed by atoms with Gasteiger partial charge in [0.2, 0.25) is 11.7 Å². The summed E-state index contributed by atoms with van der Waals surface area (Å²) in [5, 5.41) is 33.3. The highest BCUT2D eigenvalue weighted by Gasteiger charge is 2.73. The summed E-state index contributed by atoms with van der Waals surface area (Å²) >= 11 is 0. The average Bonchev–Trinajstić information content (AvgIpc) is 2.67. The van der Waals surface area contributed by atoms with Gasteiger partial charge in [-0.25, -0.2) is 0 Å². The van der Waals surface area contributed by atoms with E-state index < -0.39 is 75.7 Å². The number of likely N-dealkylation sites (N-methyl/N-ethyl adjacent to an activating group) is 1. The van der Waals surface area contributed by atoms with E-state index in [1.807, 2.05) is 0 Å². The second-order valence-electron chi connectivity index (χ2n) is 10.4. The topological polar surface area (TPSA) is 172 Å². The Morgan fingerprint density at radius 1 is 1.06 bits per heavy atom. The SMILES string of the molecule is C[C@@]1(O)c2cccc(O)c2C(=O)C2C(=O)[C@]3(O)C(=O)C(C(N)=O)C(=O)C([N+](C)(C)C)C3CC21. The molecule has 3 aliphatic carbocycles. The van der Waals surface area contributed by atoms with Gasteiger partial charge < -0.3 is 25.5 Å². The summed E-state index contributed by atoms with van der Waals surface area (Å²) in [5.41, 5.74) is 0.574. The Morgan fingerprint density at radius 2 is 1.67 bits per heavy atom. The standard InChI is InChI=1S/C23H26N2O8/c1-22(32)9-6-5-7-12(26)13(9)17(27)14-10(22)8-11-16(25(2,3)4)18(28)15(21(24)31)20(30)23(11,33)19(14)29/h5-7,10-11,14-16,32-33H,8H2,1-4H3,(H2-,24,26,27,31)/p+1/t10?,11?,14?,15?,16?,22-,23+/m1/s1. The molecule has 5 N–H and O–H groups in total. The molecule has 0 aliphatic heterocycles. The van der Waals surface area contributed by atoms with Crippen LogP contribution in [0.3, 0.4) is 0 Å². The molecule has 1 aromatic rings. The van der Waals surface area contributed by atoms with Crippen molar-refractivity contribution in [2.45, 2.75) is 30.6 Å². The molecule has 10 heteroatoms. The quantitative estimate of drug-likeness (QED) is 0.311. The summed E-state index contributed by atoms with van der Waals surface area (Å²) in [6, 6.07) is 2.98. The van der Waals surface area contributed by atoms with Crippen molar-refractivity contribution in [1.82, 2.24) is 0 Å². The number of nitrogens with zero attached hydrogens (tertiary/aromatic N) is 1. The van der Waals surface area contributed by atoms with Gasteiger partial charge in [-0.15, -0.1) is 0 Å². The van der Waals surface area contributed by atoms with E-state index in [0.29, 0.717) is 0 Å². The van der Waals surface area contributed by atoms with Gasteiger partial charge in [-0.2, -0.15) is 0 Å². The summed E-state index contributed by atoms with van der Waals surface area (Å²) in [5.74, 6) is -11.9. The maximum Gasteiger partial charge on any atom is 0.235 e. The number of hydrogen-bond donors (Lipinski definition) is 4. The zero-order valence-electron chi connectivity index (χ0n) is 18.7. The molecule has 0 aromatic heterocycles. The van der Waals surface area contributed by atoms with Crippen LogP contribution in [0.1, 0.15) is 29.3 Å². The Bertz CT molecular complexity index is 1130. The molecule has 33 heavy (non-hydrogen) atoms. The van der Waals surface area contributed by atoms with Gasteiger partial charge in [0.1, 0.15) is 5.75 Å². The van der Waals surface area contributed by atoms with Crippen molar-refractivity contribution in [2.75, 3.05) is 21.1 Å². The lowest BCUT2D eigenvalue weighted by molar-refractivity contribution is -0.891. The lowest BCUT2D eigenvalue weighted by Gasteiger charge is -2.55. The molecule has 0 radical (unpaired) electrons. The van der Waals surface area contributed by atoms with Crippen LogP contribution < -0.4 is 5.73 Å². The molecule has 2 fully saturated rings. The van der Waals surface area contributed by atoms with Gasteiger partial charge >= 0.3 is 0 Å². The molecule has 0 saturated heterocycles. The average molecular weight is 459 g/mol. The normalized spacial score (nSPS) is 38.4. The van der Waals surface area contributed by atoms with Crippen LogP contribution in [0.4, 0.5) is 0 Å². The number of benzene rings is 1. The van der Waals surface area contributed by atoms with E-state index in [-0.39, 0.29) is 22.0 Å². The molecule has 1 amide bonds. The highest BCUT2D eigenvalue weighted by molar-refractivity contribution is 6.32. The Labute approximate surface area is 189 Å². The van der Waals surface area contributed by atoms with Crippen molar-refractivity contribution in [3.63, 3.8) is 0 Å². The molecule has 4 rings (SSSR count). The van der Waals surface area contributed by atoms with E-state index in [0.717, 1.165) is 0 Å². The fourth-order valence-corrected chi connectivity index (χ4v) is 6.19. The summed E-state index contributed by atoms with van der Waals surface area (Å²) < 4.78 is -0.124. The molecule has 0 bridgehead atoms. The molecular formula is C23H27N2O8+. The minimum absolute atomic E-state index is 0.122. The number of primary amides is 1. The Balaban J connectivity index is 1.97. The second kappa shape index (κ2) is 6.78. The number of rotatable bonds is 2. The molecule has 7 atom stereocenters. The summed E-state index contributed by atoms with van der Waals surface area (Å²) in [4.78, 5) is 65.6.